The quantitative estimate of drug-likeness (QED) is 0.282. The minimum Gasteiger partial charge on any atom is -0.488 e. The molecular weight excluding hydrogens is 433 g/mol. The van der Waals surface area contributed by atoms with E-state index in [9.17, 15) is 0 Å². The fourth-order valence-electron chi connectivity index (χ4n) is 3.03. The van der Waals surface area contributed by atoms with Crippen molar-refractivity contribution in [1.82, 2.24) is 10.6 Å². The van der Waals surface area contributed by atoms with Gasteiger partial charge in [-0.2, -0.15) is 0 Å². The van der Waals surface area contributed by atoms with Gasteiger partial charge in [-0.3, -0.25) is 4.99 Å². The highest BCUT2D eigenvalue weighted by Gasteiger charge is 2.22. The van der Waals surface area contributed by atoms with Gasteiger partial charge in [0.15, 0.2) is 5.96 Å². The summed E-state index contributed by atoms with van der Waals surface area (Å²) in [6, 6.07) is 8.20. The molecule has 0 aromatic heterocycles. The molecule has 2 atom stereocenters. The molecule has 6 nitrogen and oxygen atoms in total. The van der Waals surface area contributed by atoms with E-state index in [1.165, 1.54) is 5.56 Å². The zero-order valence-electron chi connectivity index (χ0n) is 14.7. The molecule has 2 N–H and O–H groups in total. The van der Waals surface area contributed by atoms with E-state index in [0.29, 0.717) is 13.2 Å². The number of nitrogens with one attached hydrogen (secondary N) is 2. The number of ether oxygens (including phenoxy) is 3. The Bertz CT molecular complexity index is 525. The summed E-state index contributed by atoms with van der Waals surface area (Å²) in [6.45, 7) is 3.65. The highest BCUT2D eigenvalue weighted by Crippen LogP contribution is 2.27. The fraction of sp³-hybridized carbons (Fsp3) is 0.611. The molecule has 1 saturated heterocycles. The van der Waals surface area contributed by atoms with Gasteiger partial charge in [-0.15, -0.1) is 24.0 Å². The standard InChI is InChI=1S/C18H27N3O3.HI/c1-19-18(20-8-10-22-13-15-6-4-9-23-15)21-12-16-11-14-5-2-3-7-17(14)24-16;/h2-3,5,7,15-16H,4,6,8-13H2,1H3,(H2,19,20,21);1H. The lowest BCUT2D eigenvalue weighted by Gasteiger charge is -2.16. The number of benzene rings is 1. The lowest BCUT2D eigenvalue weighted by molar-refractivity contribution is 0.0191. The molecule has 2 unspecified atom stereocenters. The second-order valence-electron chi connectivity index (χ2n) is 6.14. The van der Waals surface area contributed by atoms with Gasteiger partial charge in [-0.05, 0) is 24.5 Å². The van der Waals surface area contributed by atoms with E-state index in [1.807, 2.05) is 12.1 Å². The zero-order chi connectivity index (χ0) is 16.6. The van der Waals surface area contributed by atoms with E-state index in [0.717, 1.165) is 50.7 Å². The van der Waals surface area contributed by atoms with Crippen LogP contribution in [0.25, 0.3) is 0 Å². The highest BCUT2D eigenvalue weighted by molar-refractivity contribution is 14.0. The Balaban J connectivity index is 0.00000225. The minimum atomic E-state index is 0. The van der Waals surface area contributed by atoms with Crippen LogP contribution in [0.5, 0.6) is 5.75 Å². The first-order valence-electron chi connectivity index (χ1n) is 8.73. The van der Waals surface area contributed by atoms with Gasteiger partial charge in [0.25, 0.3) is 0 Å². The Labute approximate surface area is 166 Å². The van der Waals surface area contributed by atoms with Gasteiger partial charge in [-0.1, -0.05) is 18.2 Å². The number of para-hydroxylation sites is 1. The molecule has 2 aliphatic heterocycles. The number of rotatable bonds is 7. The van der Waals surface area contributed by atoms with E-state index in [4.69, 9.17) is 14.2 Å². The average Bonchev–Trinajstić information content (AvgIpc) is 3.26. The predicted molar refractivity (Wildman–Crippen MR) is 109 cm³/mol. The summed E-state index contributed by atoms with van der Waals surface area (Å²) < 4.78 is 17.1. The maximum atomic E-state index is 5.92. The van der Waals surface area contributed by atoms with Crippen LogP contribution >= 0.6 is 24.0 Å². The predicted octanol–water partition coefficient (Wildman–Crippen LogP) is 1.97. The smallest absolute Gasteiger partial charge is 0.191 e. The summed E-state index contributed by atoms with van der Waals surface area (Å²) >= 11 is 0. The number of hydrogen-bond acceptors (Lipinski definition) is 4. The highest BCUT2D eigenvalue weighted by atomic mass is 127. The normalized spacial score (nSPS) is 22.0. The van der Waals surface area contributed by atoms with Gasteiger partial charge >= 0.3 is 0 Å². The van der Waals surface area contributed by atoms with Gasteiger partial charge in [0.2, 0.25) is 0 Å². The maximum Gasteiger partial charge on any atom is 0.191 e. The first kappa shape index (κ1) is 20.3. The topological polar surface area (TPSA) is 64.1 Å². The summed E-state index contributed by atoms with van der Waals surface area (Å²) in [7, 11) is 1.77. The molecule has 0 aliphatic carbocycles. The van der Waals surface area contributed by atoms with Crippen molar-refractivity contribution >= 4 is 29.9 Å². The minimum absolute atomic E-state index is 0. The van der Waals surface area contributed by atoms with E-state index < -0.39 is 0 Å². The largest absolute Gasteiger partial charge is 0.488 e. The third-order valence-electron chi connectivity index (χ3n) is 4.30. The number of hydrogen-bond donors (Lipinski definition) is 2. The van der Waals surface area contributed by atoms with Crippen molar-refractivity contribution in [2.75, 3.05) is 40.0 Å². The molecule has 25 heavy (non-hydrogen) atoms. The number of fused-ring (bicyclic) bond motifs is 1. The van der Waals surface area contributed by atoms with E-state index in [2.05, 4.69) is 27.8 Å². The van der Waals surface area contributed by atoms with E-state index >= 15 is 0 Å². The summed E-state index contributed by atoms with van der Waals surface area (Å²) in [5.41, 5.74) is 1.27. The summed E-state index contributed by atoms with van der Waals surface area (Å²) in [6.07, 6.45) is 3.63. The Morgan fingerprint density at radius 3 is 2.92 bits per heavy atom. The van der Waals surface area contributed by atoms with Crippen LogP contribution in [-0.4, -0.2) is 58.1 Å². The summed E-state index contributed by atoms with van der Waals surface area (Å²) in [4.78, 5) is 4.23. The van der Waals surface area contributed by atoms with Crippen molar-refractivity contribution in [1.29, 1.82) is 0 Å². The van der Waals surface area contributed by atoms with Gasteiger partial charge in [0, 0.05) is 26.6 Å². The fourth-order valence-corrected chi connectivity index (χ4v) is 3.03. The van der Waals surface area contributed by atoms with Gasteiger partial charge < -0.3 is 24.8 Å². The van der Waals surface area contributed by atoms with Crippen LogP contribution in [0.4, 0.5) is 0 Å². The zero-order valence-corrected chi connectivity index (χ0v) is 17.0. The van der Waals surface area contributed by atoms with Crippen LogP contribution in [0.3, 0.4) is 0 Å². The van der Waals surface area contributed by atoms with Crippen LogP contribution < -0.4 is 15.4 Å². The molecule has 0 radical (unpaired) electrons. The maximum absolute atomic E-state index is 5.92. The van der Waals surface area contributed by atoms with Gasteiger partial charge in [-0.25, -0.2) is 0 Å². The first-order valence-corrected chi connectivity index (χ1v) is 8.73. The number of nitrogens with zero attached hydrogens (tertiary/aromatic N) is 1. The van der Waals surface area contributed by atoms with Gasteiger partial charge in [0.1, 0.15) is 11.9 Å². The Kier molecular flexibility index (Phi) is 8.77. The first-order chi connectivity index (χ1) is 11.8. The number of aliphatic imine (C=N–C) groups is 1. The van der Waals surface area contributed by atoms with Crippen LogP contribution in [0, 0.1) is 0 Å². The number of halogens is 1. The van der Waals surface area contributed by atoms with Crippen molar-refractivity contribution in [3.63, 3.8) is 0 Å². The summed E-state index contributed by atoms with van der Waals surface area (Å²) in [5, 5.41) is 6.57. The van der Waals surface area contributed by atoms with Crippen LogP contribution in [0.15, 0.2) is 29.3 Å². The lowest BCUT2D eigenvalue weighted by atomic mass is 10.1. The van der Waals surface area contributed by atoms with E-state index in [1.54, 1.807) is 7.05 Å². The van der Waals surface area contributed by atoms with E-state index in [-0.39, 0.29) is 36.2 Å². The van der Waals surface area contributed by atoms with Crippen molar-refractivity contribution in [2.45, 2.75) is 31.5 Å². The lowest BCUT2D eigenvalue weighted by Crippen LogP contribution is -2.43. The van der Waals surface area contributed by atoms with Crippen LogP contribution in [0.2, 0.25) is 0 Å². The summed E-state index contributed by atoms with van der Waals surface area (Å²) in [5.74, 6) is 1.77. The molecular formula is C18H28IN3O3. The van der Waals surface area contributed by atoms with Crippen molar-refractivity contribution < 1.29 is 14.2 Å². The van der Waals surface area contributed by atoms with Crippen molar-refractivity contribution in [3.8, 4) is 5.75 Å². The van der Waals surface area contributed by atoms with Crippen LogP contribution in [0.1, 0.15) is 18.4 Å². The number of guanidine groups is 1. The second-order valence-corrected chi connectivity index (χ2v) is 6.14. The Hall–Kier alpha value is -1.06. The Morgan fingerprint density at radius 1 is 1.28 bits per heavy atom. The molecule has 0 bridgehead atoms. The Morgan fingerprint density at radius 2 is 2.16 bits per heavy atom. The van der Waals surface area contributed by atoms with Gasteiger partial charge in [0.05, 0.1) is 25.9 Å². The SMILES string of the molecule is CN=C(NCCOCC1CCCO1)NCC1Cc2ccccc2O1.I. The molecule has 3 rings (SSSR count). The molecule has 0 spiro atoms. The third-order valence-corrected chi connectivity index (χ3v) is 4.30. The molecule has 1 fully saturated rings. The monoisotopic (exact) mass is 461 g/mol. The van der Waals surface area contributed by atoms with Crippen molar-refractivity contribution in [2.24, 2.45) is 4.99 Å². The molecule has 140 valence electrons. The molecule has 0 amide bonds. The second kappa shape index (κ2) is 10.8. The average molecular weight is 461 g/mol. The van der Waals surface area contributed by atoms with Crippen molar-refractivity contribution in [3.05, 3.63) is 29.8 Å². The molecule has 7 heteroatoms. The molecule has 2 heterocycles. The third kappa shape index (κ3) is 6.31. The molecule has 0 saturated carbocycles. The van der Waals surface area contributed by atoms with Crippen LogP contribution in [-0.2, 0) is 15.9 Å². The molecule has 1 aromatic carbocycles. The molecule has 2 aliphatic rings. The molecule has 1 aromatic rings.